The van der Waals surface area contributed by atoms with Crippen molar-refractivity contribution in [2.24, 2.45) is 0 Å². The molecule has 2 aromatic rings. The highest BCUT2D eigenvalue weighted by Gasteiger charge is 2.15. The van der Waals surface area contributed by atoms with E-state index in [1.165, 1.54) is 6.07 Å². The Morgan fingerprint density at radius 2 is 2.17 bits per heavy atom. The molecule has 0 saturated heterocycles. The summed E-state index contributed by atoms with van der Waals surface area (Å²) in [6, 6.07) is 6.22. The number of aliphatic hydroxyl groups excluding tert-OH is 1. The van der Waals surface area contributed by atoms with Gasteiger partial charge in [0.2, 0.25) is 0 Å². The molecule has 1 atom stereocenters. The minimum Gasteiger partial charge on any atom is -0.398 e. The predicted molar refractivity (Wildman–Crippen MR) is 71.4 cm³/mol. The highest BCUT2D eigenvalue weighted by Crippen LogP contribution is 2.25. The second kappa shape index (κ2) is 5.46. The molecule has 1 unspecified atom stereocenters. The summed E-state index contributed by atoms with van der Waals surface area (Å²) in [4.78, 5) is 3.94. The minimum atomic E-state index is -0.940. The van der Waals surface area contributed by atoms with Gasteiger partial charge >= 0.3 is 0 Å². The molecule has 18 heavy (non-hydrogen) atoms. The highest BCUT2D eigenvalue weighted by atomic mass is 79.9. The minimum absolute atomic E-state index is 0.234. The van der Waals surface area contributed by atoms with Crippen LogP contribution in [0.25, 0.3) is 0 Å². The van der Waals surface area contributed by atoms with Crippen LogP contribution in [0, 0.1) is 5.82 Å². The zero-order valence-corrected chi connectivity index (χ0v) is 11.1. The van der Waals surface area contributed by atoms with Gasteiger partial charge in [-0.1, -0.05) is 22.0 Å². The molecule has 0 bridgehead atoms. The number of nitrogen functional groups attached to an aromatic ring is 1. The number of hydrogen-bond acceptors (Lipinski definition) is 3. The van der Waals surface area contributed by atoms with Gasteiger partial charge in [0, 0.05) is 34.5 Å². The van der Waals surface area contributed by atoms with Crippen LogP contribution in [0.15, 0.2) is 41.1 Å². The number of aromatic nitrogens is 1. The Morgan fingerprint density at radius 3 is 2.83 bits per heavy atom. The maximum atomic E-state index is 13.7. The van der Waals surface area contributed by atoms with Gasteiger partial charge in [0.05, 0.1) is 6.10 Å². The van der Waals surface area contributed by atoms with Gasteiger partial charge in [-0.3, -0.25) is 4.98 Å². The first kappa shape index (κ1) is 13.0. The van der Waals surface area contributed by atoms with Crippen LogP contribution in [-0.2, 0) is 6.42 Å². The lowest BCUT2D eigenvalue weighted by Crippen LogP contribution is -2.06. The zero-order chi connectivity index (χ0) is 13.1. The molecular weight excluding hydrogens is 299 g/mol. The van der Waals surface area contributed by atoms with Crippen molar-refractivity contribution in [2.45, 2.75) is 12.5 Å². The largest absolute Gasteiger partial charge is 0.398 e. The maximum Gasteiger partial charge on any atom is 0.130 e. The van der Waals surface area contributed by atoms with E-state index < -0.39 is 11.9 Å². The van der Waals surface area contributed by atoms with Gasteiger partial charge in [0.15, 0.2) is 0 Å². The number of benzene rings is 1. The van der Waals surface area contributed by atoms with Crippen LogP contribution in [0.3, 0.4) is 0 Å². The van der Waals surface area contributed by atoms with Crippen LogP contribution < -0.4 is 5.73 Å². The molecule has 3 N–H and O–H groups in total. The van der Waals surface area contributed by atoms with Crippen molar-refractivity contribution in [3.8, 4) is 0 Å². The maximum absolute atomic E-state index is 13.7. The Kier molecular flexibility index (Phi) is 3.93. The van der Waals surface area contributed by atoms with E-state index in [-0.39, 0.29) is 12.0 Å². The van der Waals surface area contributed by atoms with Gasteiger partial charge in [-0.15, -0.1) is 0 Å². The monoisotopic (exact) mass is 310 g/mol. The van der Waals surface area contributed by atoms with Gasteiger partial charge in [0.25, 0.3) is 0 Å². The fraction of sp³-hybridized carbons (Fsp3) is 0.154. The van der Waals surface area contributed by atoms with Gasteiger partial charge in [-0.25, -0.2) is 4.39 Å². The average molecular weight is 311 g/mol. The Bertz CT molecular complexity index is 562. The standard InChI is InChI=1S/C13H12BrFN2O/c14-9-1-2-10(11(15)6-9)13(18)5-8-7-17-4-3-12(8)16/h1-4,6-7,13,18H,5H2,(H2,16,17). The molecule has 0 amide bonds. The molecule has 1 heterocycles. The number of pyridine rings is 1. The Hall–Kier alpha value is -1.46. The van der Waals surface area contributed by atoms with Gasteiger partial charge < -0.3 is 10.8 Å². The predicted octanol–water partition coefficient (Wildman–Crippen LogP) is 2.84. The summed E-state index contributed by atoms with van der Waals surface area (Å²) in [6.45, 7) is 0. The number of halogens is 2. The van der Waals surface area contributed by atoms with E-state index >= 15 is 0 Å². The number of nitrogens with zero attached hydrogens (tertiary/aromatic N) is 1. The summed E-state index contributed by atoms with van der Waals surface area (Å²) in [7, 11) is 0. The van der Waals surface area contributed by atoms with Crippen molar-refractivity contribution in [1.82, 2.24) is 4.98 Å². The first-order valence-electron chi connectivity index (χ1n) is 5.39. The first-order valence-corrected chi connectivity index (χ1v) is 6.18. The number of rotatable bonds is 3. The SMILES string of the molecule is Nc1ccncc1CC(O)c1ccc(Br)cc1F. The topological polar surface area (TPSA) is 59.1 Å². The van der Waals surface area contributed by atoms with Crippen LogP contribution in [0.4, 0.5) is 10.1 Å². The average Bonchev–Trinajstić information content (AvgIpc) is 2.32. The number of aliphatic hydroxyl groups is 1. The molecule has 1 aromatic carbocycles. The van der Waals surface area contributed by atoms with Crippen LogP contribution >= 0.6 is 15.9 Å². The molecule has 1 aromatic heterocycles. The lowest BCUT2D eigenvalue weighted by molar-refractivity contribution is 0.173. The third kappa shape index (κ3) is 2.86. The van der Waals surface area contributed by atoms with Crippen molar-refractivity contribution < 1.29 is 9.50 Å². The van der Waals surface area contributed by atoms with Crippen molar-refractivity contribution in [3.63, 3.8) is 0 Å². The summed E-state index contributed by atoms with van der Waals surface area (Å²) >= 11 is 3.17. The summed E-state index contributed by atoms with van der Waals surface area (Å²) < 4.78 is 14.3. The van der Waals surface area contributed by atoms with Gasteiger partial charge in [0.1, 0.15) is 5.82 Å². The summed E-state index contributed by atoms with van der Waals surface area (Å²) in [5.74, 6) is -0.445. The normalized spacial score (nSPS) is 12.4. The molecule has 0 aliphatic heterocycles. The second-order valence-corrected chi connectivity index (χ2v) is 4.88. The Morgan fingerprint density at radius 1 is 1.39 bits per heavy atom. The molecule has 0 aliphatic rings. The van der Waals surface area contributed by atoms with E-state index in [0.29, 0.717) is 15.7 Å². The second-order valence-electron chi connectivity index (χ2n) is 3.96. The smallest absolute Gasteiger partial charge is 0.130 e. The third-order valence-electron chi connectivity index (χ3n) is 2.68. The molecule has 0 fully saturated rings. The summed E-state index contributed by atoms with van der Waals surface area (Å²) in [6.07, 6.45) is 2.45. The van der Waals surface area contributed by atoms with Crippen LogP contribution in [0.5, 0.6) is 0 Å². The third-order valence-corrected chi connectivity index (χ3v) is 3.17. The summed E-state index contributed by atoms with van der Waals surface area (Å²) in [5, 5.41) is 10.0. The number of anilines is 1. The van der Waals surface area contributed by atoms with Crippen LogP contribution in [0.1, 0.15) is 17.2 Å². The molecule has 2 rings (SSSR count). The quantitative estimate of drug-likeness (QED) is 0.916. The lowest BCUT2D eigenvalue weighted by atomic mass is 10.0. The number of nitrogens with two attached hydrogens (primary N) is 1. The zero-order valence-electron chi connectivity index (χ0n) is 9.48. The number of hydrogen-bond donors (Lipinski definition) is 2. The molecule has 94 valence electrons. The van der Waals surface area contributed by atoms with E-state index in [2.05, 4.69) is 20.9 Å². The molecule has 0 saturated carbocycles. The van der Waals surface area contributed by atoms with Gasteiger partial charge in [-0.2, -0.15) is 0 Å². The molecule has 5 heteroatoms. The molecule has 3 nitrogen and oxygen atoms in total. The van der Waals surface area contributed by atoms with E-state index in [0.717, 1.165) is 0 Å². The van der Waals surface area contributed by atoms with Crippen molar-refractivity contribution in [1.29, 1.82) is 0 Å². The Labute approximate surface area is 113 Å². The lowest BCUT2D eigenvalue weighted by Gasteiger charge is -2.13. The van der Waals surface area contributed by atoms with E-state index in [4.69, 9.17) is 5.73 Å². The fourth-order valence-corrected chi connectivity index (χ4v) is 2.03. The van der Waals surface area contributed by atoms with E-state index in [9.17, 15) is 9.50 Å². The van der Waals surface area contributed by atoms with Crippen LogP contribution in [0.2, 0.25) is 0 Å². The van der Waals surface area contributed by atoms with E-state index in [1.807, 2.05) is 0 Å². The Balaban J connectivity index is 2.22. The summed E-state index contributed by atoms with van der Waals surface area (Å²) in [5.41, 5.74) is 7.25. The molecule has 0 aliphatic carbocycles. The van der Waals surface area contributed by atoms with Crippen molar-refractivity contribution >= 4 is 21.6 Å². The van der Waals surface area contributed by atoms with Crippen LogP contribution in [-0.4, -0.2) is 10.1 Å². The molecule has 0 spiro atoms. The molecular formula is C13H12BrFN2O. The fourth-order valence-electron chi connectivity index (χ4n) is 1.70. The van der Waals surface area contributed by atoms with Crippen molar-refractivity contribution in [2.75, 3.05) is 5.73 Å². The highest BCUT2D eigenvalue weighted by molar-refractivity contribution is 9.10. The van der Waals surface area contributed by atoms with Gasteiger partial charge in [-0.05, 0) is 23.8 Å². The first-order chi connectivity index (χ1) is 8.58. The van der Waals surface area contributed by atoms with Crippen molar-refractivity contribution in [3.05, 3.63) is 58.1 Å². The molecule has 0 radical (unpaired) electrons. The van der Waals surface area contributed by atoms with E-state index in [1.54, 1.807) is 30.6 Å².